The van der Waals surface area contributed by atoms with E-state index in [1.165, 1.54) is 0 Å². The zero-order valence-corrected chi connectivity index (χ0v) is 7.45. The topological polar surface area (TPSA) is 78.9 Å². The molecular formula is C7H9O6. The van der Waals surface area contributed by atoms with Crippen molar-refractivity contribution in [2.24, 2.45) is 0 Å². The molecule has 0 rings (SSSR count). The highest BCUT2D eigenvalue weighted by Crippen LogP contribution is 2.07. The van der Waals surface area contributed by atoms with Crippen molar-refractivity contribution in [3.8, 4) is 0 Å². The first-order valence-corrected chi connectivity index (χ1v) is 3.34. The van der Waals surface area contributed by atoms with E-state index in [4.69, 9.17) is 0 Å². The standard InChI is InChI=1S/C7H9O6/c1-4(8)11-7(12-5(2)9)13-6(3)10/h1-3H3. The molecule has 0 aliphatic heterocycles. The Morgan fingerprint density at radius 1 is 0.692 bits per heavy atom. The lowest BCUT2D eigenvalue weighted by Gasteiger charge is -2.10. The SMILES string of the molecule is CC(=O)O[C](OC(C)=O)OC(C)=O. The van der Waals surface area contributed by atoms with Crippen LogP contribution in [0.15, 0.2) is 0 Å². The second-order valence-corrected chi connectivity index (χ2v) is 2.03. The molecule has 0 saturated heterocycles. The molecule has 0 atom stereocenters. The zero-order valence-electron chi connectivity index (χ0n) is 7.45. The van der Waals surface area contributed by atoms with E-state index >= 15 is 0 Å². The van der Waals surface area contributed by atoms with Gasteiger partial charge in [0.1, 0.15) is 0 Å². The van der Waals surface area contributed by atoms with Gasteiger partial charge >= 0.3 is 24.4 Å². The largest absolute Gasteiger partial charge is 0.553 e. The Kier molecular flexibility index (Phi) is 4.50. The van der Waals surface area contributed by atoms with Gasteiger partial charge in [-0.25, -0.2) is 0 Å². The van der Waals surface area contributed by atoms with E-state index in [2.05, 4.69) is 14.2 Å². The molecule has 0 aliphatic carbocycles. The second kappa shape index (κ2) is 5.13. The van der Waals surface area contributed by atoms with Crippen LogP contribution < -0.4 is 0 Å². The summed E-state index contributed by atoms with van der Waals surface area (Å²) in [6, 6.07) is 0. The van der Waals surface area contributed by atoms with E-state index in [1.807, 2.05) is 0 Å². The van der Waals surface area contributed by atoms with Gasteiger partial charge in [0, 0.05) is 20.8 Å². The summed E-state index contributed by atoms with van der Waals surface area (Å²) in [6.45, 7) is 2.46. The Morgan fingerprint density at radius 2 is 0.923 bits per heavy atom. The normalized spacial score (nSPS) is 9.23. The van der Waals surface area contributed by atoms with Crippen molar-refractivity contribution < 1.29 is 28.6 Å². The van der Waals surface area contributed by atoms with Gasteiger partial charge < -0.3 is 14.2 Å². The molecule has 0 aromatic carbocycles. The number of carbonyl (C=O) groups excluding carboxylic acids is 3. The number of ether oxygens (including phenoxy) is 3. The molecule has 6 heteroatoms. The quantitative estimate of drug-likeness (QED) is 0.587. The van der Waals surface area contributed by atoms with Crippen LogP contribution in [-0.4, -0.2) is 17.9 Å². The third-order valence-corrected chi connectivity index (χ3v) is 0.681. The summed E-state index contributed by atoms with van der Waals surface area (Å²) in [5.41, 5.74) is 0. The number of esters is 3. The average Bonchev–Trinajstić information content (AvgIpc) is 1.80. The summed E-state index contributed by atoms with van der Waals surface area (Å²) in [5.74, 6) is -2.26. The molecule has 0 amide bonds. The number of hydrogen-bond donors (Lipinski definition) is 0. The lowest BCUT2D eigenvalue weighted by atomic mass is 10.8. The first-order chi connectivity index (χ1) is 5.91. The molecule has 0 spiro atoms. The monoisotopic (exact) mass is 189 g/mol. The summed E-state index contributed by atoms with van der Waals surface area (Å²) < 4.78 is 12.8. The van der Waals surface area contributed by atoms with Crippen LogP contribution in [0.3, 0.4) is 0 Å². The smallest absolute Gasteiger partial charge is 0.379 e. The van der Waals surface area contributed by atoms with Crippen molar-refractivity contribution in [3.63, 3.8) is 0 Å². The van der Waals surface area contributed by atoms with Gasteiger partial charge in [-0.05, 0) is 0 Å². The highest BCUT2D eigenvalue weighted by atomic mass is 16.9. The van der Waals surface area contributed by atoms with E-state index in [9.17, 15) is 14.4 Å². The summed E-state index contributed by atoms with van der Waals surface area (Å²) in [4.78, 5) is 31.2. The maximum Gasteiger partial charge on any atom is 0.553 e. The van der Waals surface area contributed by atoms with Gasteiger partial charge in [0.2, 0.25) is 0 Å². The zero-order chi connectivity index (χ0) is 10.4. The molecule has 0 saturated carbocycles. The third-order valence-electron chi connectivity index (χ3n) is 0.681. The number of hydrogen-bond acceptors (Lipinski definition) is 6. The molecule has 13 heavy (non-hydrogen) atoms. The fourth-order valence-electron chi connectivity index (χ4n) is 0.415. The van der Waals surface area contributed by atoms with Crippen molar-refractivity contribution in [3.05, 3.63) is 6.48 Å². The van der Waals surface area contributed by atoms with Gasteiger partial charge in [-0.2, -0.15) is 0 Å². The van der Waals surface area contributed by atoms with Crippen LogP contribution in [0.1, 0.15) is 20.8 Å². The Bertz CT molecular complexity index is 183. The fraction of sp³-hybridized carbons (Fsp3) is 0.429. The van der Waals surface area contributed by atoms with Gasteiger partial charge in [-0.15, -0.1) is 0 Å². The summed E-state index contributed by atoms with van der Waals surface area (Å²) in [5, 5.41) is 0. The Morgan fingerprint density at radius 3 is 1.08 bits per heavy atom. The maximum atomic E-state index is 10.4. The van der Waals surface area contributed by atoms with E-state index in [1.54, 1.807) is 0 Å². The molecule has 0 heterocycles. The number of carbonyl (C=O) groups is 3. The molecule has 73 valence electrons. The highest BCUT2D eigenvalue weighted by molar-refractivity contribution is 5.71. The van der Waals surface area contributed by atoms with E-state index < -0.39 is 24.4 Å². The second-order valence-electron chi connectivity index (χ2n) is 2.03. The molecule has 6 nitrogen and oxygen atoms in total. The summed E-state index contributed by atoms with van der Waals surface area (Å²) in [6.07, 6.45) is 0. The van der Waals surface area contributed by atoms with Crippen LogP contribution >= 0.6 is 0 Å². The summed E-state index contributed by atoms with van der Waals surface area (Å²) in [7, 11) is 0. The van der Waals surface area contributed by atoms with E-state index in [0.29, 0.717) is 0 Å². The minimum absolute atomic E-state index is 0.752. The fourth-order valence-corrected chi connectivity index (χ4v) is 0.415. The lowest BCUT2D eigenvalue weighted by Crippen LogP contribution is -2.19. The molecule has 0 N–H and O–H groups in total. The molecule has 0 bridgehead atoms. The van der Waals surface area contributed by atoms with Crippen molar-refractivity contribution in [2.45, 2.75) is 20.8 Å². The van der Waals surface area contributed by atoms with Crippen molar-refractivity contribution in [2.75, 3.05) is 0 Å². The van der Waals surface area contributed by atoms with Gasteiger partial charge in [-0.1, -0.05) is 0 Å². The first-order valence-electron chi connectivity index (χ1n) is 3.34. The highest BCUT2D eigenvalue weighted by Gasteiger charge is 2.23. The van der Waals surface area contributed by atoms with Crippen LogP contribution in [0.5, 0.6) is 0 Å². The predicted molar refractivity (Wildman–Crippen MR) is 38.5 cm³/mol. The molecule has 0 unspecified atom stereocenters. The van der Waals surface area contributed by atoms with Crippen molar-refractivity contribution in [1.82, 2.24) is 0 Å². The minimum atomic E-state index is -0.771. The molecule has 0 aliphatic rings. The van der Waals surface area contributed by atoms with E-state index in [0.717, 1.165) is 20.8 Å². The van der Waals surface area contributed by atoms with Gasteiger partial charge in [0.15, 0.2) is 0 Å². The number of rotatable bonds is 3. The van der Waals surface area contributed by atoms with Gasteiger partial charge in [-0.3, -0.25) is 14.4 Å². The average molecular weight is 189 g/mol. The molecule has 1 radical (unpaired) electrons. The Labute approximate surface area is 74.8 Å². The van der Waals surface area contributed by atoms with Crippen molar-refractivity contribution in [1.29, 1.82) is 0 Å². The molecule has 0 aromatic rings. The predicted octanol–water partition coefficient (Wildman–Crippen LogP) is 0.123. The van der Waals surface area contributed by atoms with Crippen LogP contribution in [0, 0.1) is 6.48 Å². The summed E-state index contributed by atoms with van der Waals surface area (Å²) >= 11 is 0. The van der Waals surface area contributed by atoms with Crippen LogP contribution in [-0.2, 0) is 28.6 Å². The first kappa shape index (κ1) is 11.4. The van der Waals surface area contributed by atoms with Gasteiger partial charge in [0.25, 0.3) is 0 Å². The molecule has 0 fully saturated rings. The Hall–Kier alpha value is -1.59. The third kappa shape index (κ3) is 6.79. The van der Waals surface area contributed by atoms with E-state index in [-0.39, 0.29) is 0 Å². The maximum absolute atomic E-state index is 10.4. The molecular weight excluding hydrogens is 180 g/mol. The van der Waals surface area contributed by atoms with Crippen molar-refractivity contribution >= 4 is 17.9 Å². The van der Waals surface area contributed by atoms with Crippen LogP contribution in [0.2, 0.25) is 0 Å². The lowest BCUT2D eigenvalue weighted by molar-refractivity contribution is -0.201. The van der Waals surface area contributed by atoms with Crippen LogP contribution in [0.4, 0.5) is 0 Å². The van der Waals surface area contributed by atoms with Crippen LogP contribution in [0.25, 0.3) is 0 Å². The minimum Gasteiger partial charge on any atom is -0.379 e. The van der Waals surface area contributed by atoms with Gasteiger partial charge in [0.05, 0.1) is 0 Å². The molecule has 0 aromatic heterocycles. The Balaban J connectivity index is 4.10.